The molecule has 3 aromatic carbocycles. The molecule has 5 nitrogen and oxygen atoms in total. The van der Waals surface area contributed by atoms with Gasteiger partial charge in [0.25, 0.3) is 5.91 Å². The second-order valence-corrected chi connectivity index (χ2v) is 7.07. The van der Waals surface area contributed by atoms with Crippen molar-refractivity contribution in [3.63, 3.8) is 0 Å². The molecule has 32 heavy (non-hydrogen) atoms. The molecule has 1 unspecified atom stereocenters. The predicted molar refractivity (Wildman–Crippen MR) is 120 cm³/mol. The number of carbonyl (C=O) groups is 1. The van der Waals surface area contributed by atoms with Crippen LogP contribution in [0, 0.1) is 17.1 Å². The topological polar surface area (TPSA) is 71.3 Å². The summed E-state index contributed by atoms with van der Waals surface area (Å²) in [7, 11) is 1.48. The molecule has 0 aromatic heterocycles. The van der Waals surface area contributed by atoms with E-state index in [1.165, 1.54) is 19.3 Å². The van der Waals surface area contributed by atoms with Gasteiger partial charge in [-0.3, -0.25) is 4.79 Å². The average molecular weight is 430 g/mol. The van der Waals surface area contributed by atoms with Crippen LogP contribution in [-0.4, -0.2) is 13.0 Å². The third-order valence-electron chi connectivity index (χ3n) is 4.85. The van der Waals surface area contributed by atoms with E-state index in [2.05, 4.69) is 5.32 Å². The van der Waals surface area contributed by atoms with Crippen LogP contribution >= 0.6 is 0 Å². The lowest BCUT2D eigenvalue weighted by Crippen LogP contribution is -2.27. The monoisotopic (exact) mass is 430 g/mol. The van der Waals surface area contributed by atoms with Crippen LogP contribution < -0.4 is 14.8 Å². The molecule has 0 radical (unpaired) electrons. The fourth-order valence-corrected chi connectivity index (χ4v) is 3.08. The molecule has 0 saturated carbocycles. The van der Waals surface area contributed by atoms with Gasteiger partial charge in [-0.05, 0) is 42.3 Å². The highest BCUT2D eigenvalue weighted by Crippen LogP contribution is 2.30. The highest BCUT2D eigenvalue weighted by Gasteiger charge is 2.14. The zero-order chi connectivity index (χ0) is 22.9. The Hall–Kier alpha value is -4.11. The van der Waals surface area contributed by atoms with Crippen molar-refractivity contribution in [1.82, 2.24) is 5.32 Å². The summed E-state index contributed by atoms with van der Waals surface area (Å²) in [5, 5.41) is 12.3. The van der Waals surface area contributed by atoms with E-state index in [4.69, 9.17) is 9.47 Å². The minimum Gasteiger partial charge on any atom is -0.493 e. The Morgan fingerprint density at radius 2 is 1.81 bits per heavy atom. The van der Waals surface area contributed by atoms with Crippen molar-refractivity contribution >= 4 is 12.0 Å². The molecule has 162 valence electrons. The first-order chi connectivity index (χ1) is 15.5. The van der Waals surface area contributed by atoms with Crippen molar-refractivity contribution in [3.05, 3.63) is 101 Å². The number of nitriles is 1. The highest BCUT2D eigenvalue weighted by atomic mass is 19.1. The van der Waals surface area contributed by atoms with Crippen LogP contribution in [-0.2, 0) is 11.4 Å². The van der Waals surface area contributed by atoms with Gasteiger partial charge in [0.1, 0.15) is 24.1 Å². The number of amides is 1. The Labute approximate surface area is 186 Å². The van der Waals surface area contributed by atoms with Crippen molar-refractivity contribution in [2.45, 2.75) is 19.6 Å². The van der Waals surface area contributed by atoms with Gasteiger partial charge in [-0.2, -0.15) is 5.26 Å². The van der Waals surface area contributed by atoms with E-state index < -0.39 is 5.91 Å². The van der Waals surface area contributed by atoms with E-state index in [1.54, 1.807) is 36.4 Å². The third-order valence-corrected chi connectivity index (χ3v) is 4.85. The molecule has 0 spiro atoms. The molecule has 0 fully saturated rings. The Bertz CT molecular complexity index is 1150. The Morgan fingerprint density at radius 1 is 1.09 bits per heavy atom. The SMILES string of the molecule is COc1cc(/C=C(\C#N)C(=O)NC(C)c2ccccc2)ccc1OCc1ccccc1F. The van der Waals surface area contributed by atoms with Crippen LogP contribution in [0.25, 0.3) is 6.08 Å². The van der Waals surface area contributed by atoms with Crippen molar-refractivity contribution in [2.24, 2.45) is 0 Å². The minimum absolute atomic E-state index is 0.0325. The van der Waals surface area contributed by atoms with Crippen LogP contribution in [0.1, 0.15) is 29.7 Å². The van der Waals surface area contributed by atoms with Crippen LogP contribution in [0.3, 0.4) is 0 Å². The number of benzene rings is 3. The second kappa shape index (κ2) is 10.8. The van der Waals surface area contributed by atoms with Gasteiger partial charge in [0.05, 0.1) is 13.2 Å². The first-order valence-corrected chi connectivity index (χ1v) is 10.0. The summed E-state index contributed by atoms with van der Waals surface area (Å²) in [6, 6.07) is 22.6. The van der Waals surface area contributed by atoms with Gasteiger partial charge < -0.3 is 14.8 Å². The fraction of sp³-hybridized carbons (Fsp3) is 0.154. The van der Waals surface area contributed by atoms with Crippen LogP contribution in [0.15, 0.2) is 78.4 Å². The number of nitrogens with one attached hydrogen (secondary N) is 1. The van der Waals surface area contributed by atoms with E-state index in [1.807, 2.05) is 43.3 Å². The molecule has 3 aromatic rings. The lowest BCUT2D eigenvalue weighted by atomic mass is 10.1. The van der Waals surface area contributed by atoms with Crippen LogP contribution in [0.2, 0.25) is 0 Å². The lowest BCUT2D eigenvalue weighted by Gasteiger charge is -2.14. The number of hydrogen-bond acceptors (Lipinski definition) is 4. The maximum Gasteiger partial charge on any atom is 0.262 e. The summed E-state index contributed by atoms with van der Waals surface area (Å²) in [6.45, 7) is 1.90. The molecular formula is C26H23FN2O3. The largest absolute Gasteiger partial charge is 0.493 e. The highest BCUT2D eigenvalue weighted by molar-refractivity contribution is 6.01. The molecule has 0 aliphatic rings. The Balaban J connectivity index is 1.73. The predicted octanol–water partition coefficient (Wildman–Crippen LogP) is 5.20. The quantitative estimate of drug-likeness (QED) is 0.394. The first kappa shape index (κ1) is 22.6. The lowest BCUT2D eigenvalue weighted by molar-refractivity contribution is -0.117. The zero-order valence-corrected chi connectivity index (χ0v) is 17.8. The van der Waals surface area contributed by atoms with Gasteiger partial charge >= 0.3 is 0 Å². The maximum atomic E-state index is 13.8. The Morgan fingerprint density at radius 3 is 2.50 bits per heavy atom. The zero-order valence-electron chi connectivity index (χ0n) is 17.8. The molecular weight excluding hydrogens is 407 g/mol. The number of rotatable bonds is 8. The van der Waals surface area contributed by atoms with Gasteiger partial charge in [0.2, 0.25) is 0 Å². The number of methoxy groups -OCH3 is 1. The van der Waals surface area contributed by atoms with E-state index in [-0.39, 0.29) is 24.0 Å². The van der Waals surface area contributed by atoms with Gasteiger partial charge in [-0.1, -0.05) is 54.6 Å². The summed E-state index contributed by atoms with van der Waals surface area (Å²) < 4.78 is 24.9. The summed E-state index contributed by atoms with van der Waals surface area (Å²) in [5.41, 5.74) is 1.93. The smallest absolute Gasteiger partial charge is 0.262 e. The first-order valence-electron chi connectivity index (χ1n) is 10.0. The summed E-state index contributed by atoms with van der Waals surface area (Å²) >= 11 is 0. The van der Waals surface area contributed by atoms with Crippen LogP contribution in [0.5, 0.6) is 11.5 Å². The summed E-state index contributed by atoms with van der Waals surface area (Å²) in [4.78, 5) is 12.6. The molecule has 1 amide bonds. The average Bonchev–Trinajstić information content (AvgIpc) is 2.82. The third kappa shape index (κ3) is 5.73. The van der Waals surface area contributed by atoms with E-state index in [0.29, 0.717) is 22.6 Å². The normalized spacial score (nSPS) is 11.9. The second-order valence-electron chi connectivity index (χ2n) is 7.07. The number of halogens is 1. The van der Waals surface area contributed by atoms with E-state index in [0.717, 1.165) is 5.56 Å². The van der Waals surface area contributed by atoms with Gasteiger partial charge in [0.15, 0.2) is 11.5 Å². The van der Waals surface area contributed by atoms with Gasteiger partial charge in [0, 0.05) is 5.56 Å². The molecule has 1 N–H and O–H groups in total. The molecule has 1 atom stereocenters. The number of carbonyl (C=O) groups excluding carboxylic acids is 1. The fourth-order valence-electron chi connectivity index (χ4n) is 3.08. The minimum atomic E-state index is -0.470. The van der Waals surface area contributed by atoms with Crippen molar-refractivity contribution < 1.29 is 18.7 Å². The summed E-state index contributed by atoms with van der Waals surface area (Å²) in [6.07, 6.45) is 1.48. The molecule has 6 heteroatoms. The number of hydrogen-bond donors (Lipinski definition) is 1. The van der Waals surface area contributed by atoms with Crippen molar-refractivity contribution in [3.8, 4) is 17.6 Å². The molecule has 0 bridgehead atoms. The van der Waals surface area contributed by atoms with Gasteiger partial charge in [-0.15, -0.1) is 0 Å². The number of ether oxygens (including phenoxy) is 2. The molecule has 0 aliphatic heterocycles. The van der Waals surface area contributed by atoms with E-state index in [9.17, 15) is 14.4 Å². The van der Waals surface area contributed by atoms with Gasteiger partial charge in [-0.25, -0.2) is 4.39 Å². The molecule has 0 aliphatic carbocycles. The van der Waals surface area contributed by atoms with E-state index >= 15 is 0 Å². The van der Waals surface area contributed by atoms with Crippen molar-refractivity contribution in [1.29, 1.82) is 5.26 Å². The molecule has 3 rings (SSSR count). The molecule has 0 heterocycles. The van der Waals surface area contributed by atoms with Crippen LogP contribution in [0.4, 0.5) is 4.39 Å². The maximum absolute atomic E-state index is 13.8. The molecule has 0 saturated heterocycles. The summed E-state index contributed by atoms with van der Waals surface area (Å²) in [5.74, 6) is 0.0159. The van der Waals surface area contributed by atoms with Crippen molar-refractivity contribution in [2.75, 3.05) is 7.11 Å². The number of nitrogens with zero attached hydrogens (tertiary/aromatic N) is 1. The standard InChI is InChI=1S/C26H23FN2O3/c1-18(20-8-4-3-5-9-20)29-26(30)22(16-28)14-19-12-13-24(25(15-19)31-2)32-17-21-10-6-7-11-23(21)27/h3-15,18H,17H2,1-2H3,(H,29,30)/b22-14+. The Kier molecular flexibility index (Phi) is 7.60.